The molecule has 1 aromatic carbocycles. The van der Waals surface area contributed by atoms with E-state index in [1.54, 1.807) is 0 Å². The number of aromatic nitrogens is 2. The van der Waals surface area contributed by atoms with Gasteiger partial charge in [-0.3, -0.25) is 14.7 Å². The van der Waals surface area contributed by atoms with Crippen molar-refractivity contribution in [2.45, 2.75) is 6.92 Å². The molecule has 0 spiro atoms. The maximum Gasteiger partial charge on any atom is 0.229 e. The number of carbonyl (C=O) groups excluding carboxylic acids is 1. The Morgan fingerprint density at radius 2 is 1.94 bits per heavy atom. The average molecular weight is 248 g/mol. The molecule has 0 radical (unpaired) electrons. The molecule has 0 fully saturated rings. The Morgan fingerprint density at radius 1 is 1.24 bits per heavy atom. The summed E-state index contributed by atoms with van der Waals surface area (Å²) in [5, 5.41) is 0.254. The first kappa shape index (κ1) is 11.5. The molecule has 0 aliphatic rings. The van der Waals surface area contributed by atoms with Gasteiger partial charge < -0.3 is 0 Å². The number of hydrogen-bond acceptors (Lipinski definition) is 3. The second-order valence-corrected chi connectivity index (χ2v) is 3.78. The Bertz CT molecular complexity index is 530. The lowest BCUT2D eigenvalue weighted by Crippen LogP contribution is -2.23. The molecule has 0 unspecified atom stereocenters. The number of anilines is 2. The van der Waals surface area contributed by atoms with Gasteiger partial charge in [0.1, 0.15) is 5.15 Å². The molecule has 2 rings (SSSR count). The summed E-state index contributed by atoms with van der Waals surface area (Å²) in [6, 6.07) is 9.23. The molecule has 1 heterocycles. The molecule has 0 atom stereocenters. The van der Waals surface area contributed by atoms with E-state index in [9.17, 15) is 4.79 Å². The monoisotopic (exact) mass is 247 g/mol. The topological polar surface area (TPSA) is 46.1 Å². The third-order valence-electron chi connectivity index (χ3n) is 2.15. The minimum atomic E-state index is -0.146. The van der Waals surface area contributed by atoms with Gasteiger partial charge in [0, 0.05) is 6.92 Å². The average Bonchev–Trinajstić information content (AvgIpc) is 2.30. The normalized spacial score (nSPS) is 10.0. The van der Waals surface area contributed by atoms with Crippen molar-refractivity contribution in [2.24, 2.45) is 0 Å². The molecule has 0 aliphatic heterocycles. The highest BCUT2D eigenvalue weighted by atomic mass is 35.5. The second-order valence-electron chi connectivity index (χ2n) is 3.39. The number of amides is 1. The third-order valence-corrected chi connectivity index (χ3v) is 2.33. The van der Waals surface area contributed by atoms with Crippen LogP contribution in [0.25, 0.3) is 0 Å². The number of benzene rings is 1. The van der Waals surface area contributed by atoms with Crippen LogP contribution in [0.2, 0.25) is 5.15 Å². The van der Waals surface area contributed by atoms with Gasteiger partial charge in [-0.15, -0.1) is 0 Å². The van der Waals surface area contributed by atoms with Crippen molar-refractivity contribution in [3.8, 4) is 0 Å². The second kappa shape index (κ2) is 4.93. The van der Waals surface area contributed by atoms with E-state index in [1.807, 2.05) is 30.3 Å². The van der Waals surface area contributed by atoms with Crippen molar-refractivity contribution < 1.29 is 4.79 Å². The molecular weight excluding hydrogens is 238 g/mol. The molecule has 0 N–H and O–H groups in total. The Morgan fingerprint density at radius 3 is 2.53 bits per heavy atom. The fourth-order valence-corrected chi connectivity index (χ4v) is 1.64. The Labute approximate surface area is 104 Å². The Kier molecular flexibility index (Phi) is 3.35. The van der Waals surface area contributed by atoms with E-state index in [4.69, 9.17) is 11.6 Å². The van der Waals surface area contributed by atoms with Crippen LogP contribution >= 0.6 is 11.6 Å². The van der Waals surface area contributed by atoms with Crippen LogP contribution in [0.1, 0.15) is 6.92 Å². The van der Waals surface area contributed by atoms with Crippen molar-refractivity contribution in [1.29, 1.82) is 0 Å². The van der Waals surface area contributed by atoms with Crippen molar-refractivity contribution >= 4 is 29.0 Å². The lowest BCUT2D eigenvalue weighted by Gasteiger charge is -2.19. The molecule has 0 saturated carbocycles. The van der Waals surface area contributed by atoms with E-state index in [2.05, 4.69) is 9.97 Å². The summed E-state index contributed by atoms with van der Waals surface area (Å²) in [6.45, 7) is 1.47. The lowest BCUT2D eigenvalue weighted by molar-refractivity contribution is -0.115. The van der Waals surface area contributed by atoms with Crippen molar-refractivity contribution in [3.63, 3.8) is 0 Å². The molecule has 0 saturated heterocycles. The van der Waals surface area contributed by atoms with E-state index in [-0.39, 0.29) is 11.1 Å². The molecule has 0 bridgehead atoms. The predicted molar refractivity (Wildman–Crippen MR) is 66.3 cm³/mol. The predicted octanol–water partition coefficient (Wildman–Crippen LogP) is 2.81. The van der Waals surface area contributed by atoms with Crippen molar-refractivity contribution in [1.82, 2.24) is 9.97 Å². The van der Waals surface area contributed by atoms with Gasteiger partial charge in [0.15, 0.2) is 5.82 Å². The highest BCUT2D eigenvalue weighted by Gasteiger charge is 2.15. The van der Waals surface area contributed by atoms with E-state index >= 15 is 0 Å². The van der Waals surface area contributed by atoms with Crippen LogP contribution in [-0.2, 0) is 4.79 Å². The minimum Gasteiger partial charge on any atom is -0.274 e. The zero-order valence-corrected chi connectivity index (χ0v) is 9.93. The van der Waals surface area contributed by atoms with Gasteiger partial charge in [0.2, 0.25) is 5.91 Å². The Balaban J connectivity index is 2.47. The molecule has 5 heteroatoms. The lowest BCUT2D eigenvalue weighted by atomic mass is 10.3. The summed E-state index contributed by atoms with van der Waals surface area (Å²) in [5.41, 5.74) is 0.733. The van der Waals surface area contributed by atoms with Gasteiger partial charge >= 0.3 is 0 Å². The van der Waals surface area contributed by atoms with Gasteiger partial charge in [0.25, 0.3) is 0 Å². The maximum absolute atomic E-state index is 11.7. The summed E-state index contributed by atoms with van der Waals surface area (Å²) < 4.78 is 0. The zero-order valence-electron chi connectivity index (χ0n) is 9.17. The minimum absolute atomic E-state index is 0.146. The molecular formula is C12H10ClN3O. The van der Waals surface area contributed by atoms with Gasteiger partial charge in [-0.25, -0.2) is 4.98 Å². The van der Waals surface area contributed by atoms with Crippen LogP contribution in [0, 0.1) is 0 Å². The fourth-order valence-electron chi connectivity index (χ4n) is 1.49. The largest absolute Gasteiger partial charge is 0.274 e. The van der Waals surface area contributed by atoms with Crippen LogP contribution in [-0.4, -0.2) is 15.9 Å². The van der Waals surface area contributed by atoms with E-state index < -0.39 is 0 Å². The van der Waals surface area contributed by atoms with Crippen LogP contribution in [0.15, 0.2) is 42.7 Å². The number of para-hydroxylation sites is 1. The highest BCUT2D eigenvalue weighted by Crippen LogP contribution is 2.23. The SMILES string of the molecule is CC(=O)N(c1ccccc1)c1cncc(Cl)n1. The molecule has 1 aromatic heterocycles. The standard InChI is InChI=1S/C12H10ClN3O/c1-9(17)16(10-5-3-2-4-6-10)12-8-14-7-11(13)15-12/h2-8H,1H3. The first-order chi connectivity index (χ1) is 8.18. The van der Waals surface area contributed by atoms with Crippen LogP contribution in [0.4, 0.5) is 11.5 Å². The van der Waals surface area contributed by atoms with Crippen molar-refractivity contribution in [2.75, 3.05) is 4.90 Å². The third kappa shape index (κ3) is 2.60. The summed E-state index contributed by atoms with van der Waals surface area (Å²) in [5.74, 6) is 0.268. The Hall–Kier alpha value is -1.94. The first-order valence-corrected chi connectivity index (χ1v) is 5.39. The number of nitrogens with zero attached hydrogens (tertiary/aromatic N) is 3. The molecule has 17 heavy (non-hydrogen) atoms. The molecule has 2 aromatic rings. The maximum atomic E-state index is 11.7. The summed E-state index contributed by atoms with van der Waals surface area (Å²) in [7, 11) is 0. The van der Waals surface area contributed by atoms with Crippen LogP contribution in [0.5, 0.6) is 0 Å². The number of carbonyl (C=O) groups is 1. The van der Waals surface area contributed by atoms with Gasteiger partial charge in [-0.2, -0.15) is 0 Å². The molecule has 1 amide bonds. The fraction of sp³-hybridized carbons (Fsp3) is 0.0833. The van der Waals surface area contributed by atoms with Crippen LogP contribution < -0.4 is 4.90 Å². The summed E-state index contributed by atoms with van der Waals surface area (Å²) >= 11 is 5.77. The van der Waals surface area contributed by atoms with Gasteiger partial charge in [-0.1, -0.05) is 29.8 Å². The van der Waals surface area contributed by atoms with Crippen molar-refractivity contribution in [3.05, 3.63) is 47.9 Å². The summed E-state index contributed by atoms with van der Waals surface area (Å²) in [4.78, 5) is 21.1. The number of hydrogen-bond donors (Lipinski definition) is 0. The first-order valence-electron chi connectivity index (χ1n) is 5.02. The van der Waals surface area contributed by atoms with Gasteiger partial charge in [0.05, 0.1) is 18.1 Å². The van der Waals surface area contributed by atoms with E-state index in [0.29, 0.717) is 5.82 Å². The molecule has 4 nitrogen and oxygen atoms in total. The molecule has 0 aliphatic carbocycles. The molecule has 86 valence electrons. The van der Waals surface area contributed by atoms with E-state index in [1.165, 1.54) is 24.2 Å². The highest BCUT2D eigenvalue weighted by molar-refractivity contribution is 6.29. The smallest absolute Gasteiger partial charge is 0.229 e. The van der Waals surface area contributed by atoms with Crippen LogP contribution in [0.3, 0.4) is 0 Å². The van der Waals surface area contributed by atoms with E-state index in [0.717, 1.165) is 5.69 Å². The number of halogens is 1. The van der Waals surface area contributed by atoms with Gasteiger partial charge in [-0.05, 0) is 12.1 Å². The zero-order chi connectivity index (χ0) is 12.3. The quantitative estimate of drug-likeness (QED) is 0.820. The summed E-state index contributed by atoms with van der Waals surface area (Å²) in [6.07, 6.45) is 2.93. The number of rotatable bonds is 2.